The molecule has 9 nitrogen and oxygen atoms in total. The molecule has 2 rings (SSSR count). The van der Waals surface area contributed by atoms with Gasteiger partial charge in [0.15, 0.2) is 5.75 Å². The summed E-state index contributed by atoms with van der Waals surface area (Å²) in [7, 11) is 1.26. The summed E-state index contributed by atoms with van der Waals surface area (Å²) in [6.45, 7) is 0. The van der Waals surface area contributed by atoms with Gasteiger partial charge in [-0.3, -0.25) is 10.1 Å². The van der Waals surface area contributed by atoms with Crippen LogP contribution < -0.4 is 15.5 Å². The highest BCUT2D eigenvalue weighted by atomic mass is 35.5. The number of hydrogen-bond acceptors (Lipinski definition) is 6. The van der Waals surface area contributed by atoms with Gasteiger partial charge in [-0.05, 0) is 30.3 Å². The van der Waals surface area contributed by atoms with E-state index in [0.29, 0.717) is 10.7 Å². The van der Waals surface area contributed by atoms with Crippen molar-refractivity contribution in [2.75, 3.05) is 12.4 Å². The van der Waals surface area contributed by atoms with E-state index >= 15 is 0 Å². The number of carbonyl (C=O) groups is 1. The van der Waals surface area contributed by atoms with Crippen LogP contribution in [0.25, 0.3) is 0 Å². The van der Waals surface area contributed by atoms with Crippen molar-refractivity contribution in [2.45, 2.75) is 0 Å². The number of aromatic hydroxyl groups is 1. The van der Waals surface area contributed by atoms with Gasteiger partial charge >= 0.3 is 11.7 Å². The SMILES string of the molecule is COc1cc(/C=N\NC(=O)Nc2ccc(Cl)cc2)cc([N+](=O)[O-])c1O. The molecule has 0 aliphatic rings. The maximum Gasteiger partial charge on any atom is 0.339 e. The van der Waals surface area contributed by atoms with Gasteiger partial charge in [0.2, 0.25) is 5.75 Å². The Labute approximate surface area is 147 Å². The number of nitrogens with one attached hydrogen (secondary N) is 2. The fourth-order valence-electron chi connectivity index (χ4n) is 1.84. The highest BCUT2D eigenvalue weighted by molar-refractivity contribution is 6.30. The molecule has 0 aliphatic heterocycles. The Hall–Kier alpha value is -3.33. The van der Waals surface area contributed by atoms with E-state index in [4.69, 9.17) is 16.3 Å². The molecule has 2 aromatic rings. The van der Waals surface area contributed by atoms with Crippen molar-refractivity contribution < 1.29 is 19.6 Å². The largest absolute Gasteiger partial charge is 0.500 e. The van der Waals surface area contributed by atoms with Crippen LogP contribution in [0.1, 0.15) is 5.56 Å². The number of carbonyl (C=O) groups excluding carboxylic acids is 1. The zero-order valence-electron chi connectivity index (χ0n) is 12.9. The second-order valence-corrected chi connectivity index (χ2v) is 5.12. The molecule has 0 bridgehead atoms. The molecular weight excluding hydrogens is 352 g/mol. The molecule has 25 heavy (non-hydrogen) atoms. The summed E-state index contributed by atoms with van der Waals surface area (Å²) in [5, 5.41) is 27.3. The lowest BCUT2D eigenvalue weighted by molar-refractivity contribution is -0.386. The molecule has 0 spiro atoms. The standard InChI is InChI=1S/C15H13ClN4O5/c1-25-13-7-9(6-12(14(13)21)20(23)24)8-17-19-15(22)18-11-4-2-10(16)3-5-11/h2-8,21H,1H3,(H2,18,19,22)/b17-8-. The molecule has 0 saturated heterocycles. The number of nitrogens with zero attached hydrogens (tertiary/aromatic N) is 2. The number of nitro groups is 1. The van der Waals surface area contributed by atoms with E-state index in [1.807, 2.05) is 0 Å². The number of methoxy groups -OCH3 is 1. The molecule has 0 radical (unpaired) electrons. The summed E-state index contributed by atoms with van der Waals surface area (Å²) in [5.41, 5.74) is 2.44. The minimum Gasteiger partial charge on any atom is -0.500 e. The first-order valence-electron chi connectivity index (χ1n) is 6.81. The van der Waals surface area contributed by atoms with Crippen LogP contribution in [0.3, 0.4) is 0 Å². The monoisotopic (exact) mass is 364 g/mol. The fraction of sp³-hybridized carbons (Fsp3) is 0.0667. The molecule has 130 valence electrons. The average Bonchev–Trinajstić information content (AvgIpc) is 2.58. The quantitative estimate of drug-likeness (QED) is 0.427. The van der Waals surface area contributed by atoms with E-state index in [9.17, 15) is 20.0 Å². The van der Waals surface area contributed by atoms with E-state index in [0.717, 1.165) is 6.07 Å². The van der Waals surface area contributed by atoms with E-state index < -0.39 is 22.4 Å². The van der Waals surface area contributed by atoms with Crippen LogP contribution in [0.5, 0.6) is 11.5 Å². The Balaban J connectivity index is 2.06. The second kappa shape index (κ2) is 7.97. The third-order valence-electron chi connectivity index (χ3n) is 2.98. The predicted octanol–water partition coefficient (Wildman–Crippen LogP) is 3.12. The molecule has 0 aliphatic carbocycles. The molecular formula is C15H13ClN4O5. The highest BCUT2D eigenvalue weighted by Gasteiger charge is 2.19. The van der Waals surface area contributed by atoms with E-state index in [1.54, 1.807) is 24.3 Å². The molecule has 0 unspecified atom stereocenters. The normalized spacial score (nSPS) is 10.5. The van der Waals surface area contributed by atoms with Gasteiger partial charge in [-0.15, -0.1) is 0 Å². The second-order valence-electron chi connectivity index (χ2n) is 4.68. The van der Waals surface area contributed by atoms with Crippen molar-refractivity contribution >= 4 is 35.2 Å². The smallest absolute Gasteiger partial charge is 0.339 e. The molecule has 0 atom stereocenters. The molecule has 0 fully saturated rings. The van der Waals surface area contributed by atoms with Crippen molar-refractivity contribution in [1.29, 1.82) is 0 Å². The summed E-state index contributed by atoms with van der Waals surface area (Å²) < 4.78 is 4.87. The lowest BCUT2D eigenvalue weighted by Crippen LogP contribution is -2.24. The van der Waals surface area contributed by atoms with Crippen molar-refractivity contribution in [3.8, 4) is 11.5 Å². The van der Waals surface area contributed by atoms with Crippen LogP contribution in [0, 0.1) is 10.1 Å². The molecule has 3 N–H and O–H groups in total. The van der Waals surface area contributed by atoms with Crippen LogP contribution >= 0.6 is 11.6 Å². The average molecular weight is 365 g/mol. The number of hydrogen-bond donors (Lipinski definition) is 3. The highest BCUT2D eigenvalue weighted by Crippen LogP contribution is 2.36. The molecule has 10 heteroatoms. The Kier molecular flexibility index (Phi) is 5.75. The molecule has 0 aromatic heterocycles. The van der Waals surface area contributed by atoms with Crippen LogP contribution in [-0.2, 0) is 0 Å². The van der Waals surface area contributed by atoms with E-state index in [-0.39, 0.29) is 11.3 Å². The number of rotatable bonds is 5. The Morgan fingerprint density at radius 3 is 2.64 bits per heavy atom. The zero-order valence-corrected chi connectivity index (χ0v) is 13.6. The lowest BCUT2D eigenvalue weighted by Gasteiger charge is -2.05. The van der Waals surface area contributed by atoms with Crippen LogP contribution in [0.4, 0.5) is 16.2 Å². The number of nitro benzene ring substituents is 1. The number of anilines is 1. The predicted molar refractivity (Wildman–Crippen MR) is 92.5 cm³/mol. The maximum atomic E-state index is 11.7. The summed E-state index contributed by atoms with van der Waals surface area (Å²) in [4.78, 5) is 21.9. The van der Waals surface area contributed by atoms with Gasteiger partial charge in [0.25, 0.3) is 0 Å². The summed E-state index contributed by atoms with van der Waals surface area (Å²) >= 11 is 5.74. The number of phenolic OH excluding ortho intramolecular Hbond substituents is 1. The van der Waals surface area contributed by atoms with E-state index in [1.165, 1.54) is 19.4 Å². The van der Waals surface area contributed by atoms with Crippen LogP contribution in [-0.4, -0.2) is 29.4 Å². The Morgan fingerprint density at radius 1 is 1.36 bits per heavy atom. The van der Waals surface area contributed by atoms with Gasteiger partial charge in [-0.1, -0.05) is 11.6 Å². The van der Waals surface area contributed by atoms with Gasteiger partial charge in [-0.25, -0.2) is 10.2 Å². The van der Waals surface area contributed by atoms with Gasteiger partial charge in [0.1, 0.15) is 0 Å². The molecule has 2 aromatic carbocycles. The minimum atomic E-state index is -0.754. The zero-order chi connectivity index (χ0) is 18.4. The molecule has 0 saturated carbocycles. The maximum absolute atomic E-state index is 11.7. The van der Waals surface area contributed by atoms with Gasteiger partial charge < -0.3 is 15.2 Å². The third kappa shape index (κ3) is 4.82. The number of hydrazone groups is 1. The number of phenols is 1. The summed E-state index contributed by atoms with van der Waals surface area (Å²) in [6.07, 6.45) is 1.18. The first kappa shape index (κ1) is 18.0. The topological polar surface area (TPSA) is 126 Å². The molecule has 2 amide bonds. The van der Waals surface area contributed by atoms with Gasteiger partial charge in [0.05, 0.1) is 18.2 Å². The fourth-order valence-corrected chi connectivity index (χ4v) is 1.97. The number of amides is 2. The van der Waals surface area contributed by atoms with Crippen LogP contribution in [0.15, 0.2) is 41.5 Å². The van der Waals surface area contributed by atoms with Crippen molar-refractivity contribution in [2.24, 2.45) is 5.10 Å². The van der Waals surface area contributed by atoms with Crippen LogP contribution in [0.2, 0.25) is 5.02 Å². The van der Waals surface area contributed by atoms with Gasteiger partial charge in [0, 0.05) is 22.3 Å². The third-order valence-corrected chi connectivity index (χ3v) is 3.23. The first-order valence-corrected chi connectivity index (χ1v) is 7.19. The van der Waals surface area contributed by atoms with Crippen molar-refractivity contribution in [1.82, 2.24) is 5.43 Å². The summed E-state index contributed by atoms with van der Waals surface area (Å²) in [6, 6.07) is 8.27. The Morgan fingerprint density at radius 2 is 2.04 bits per heavy atom. The minimum absolute atomic E-state index is 0.0822. The Bertz CT molecular complexity index is 823. The van der Waals surface area contributed by atoms with Crippen molar-refractivity contribution in [3.63, 3.8) is 0 Å². The molecule has 0 heterocycles. The first-order chi connectivity index (χ1) is 11.9. The van der Waals surface area contributed by atoms with E-state index in [2.05, 4.69) is 15.8 Å². The number of ether oxygens (including phenoxy) is 1. The number of urea groups is 1. The number of halogens is 1. The number of benzene rings is 2. The lowest BCUT2D eigenvalue weighted by atomic mass is 10.2. The van der Waals surface area contributed by atoms with Crippen molar-refractivity contribution in [3.05, 3.63) is 57.1 Å². The summed E-state index contributed by atoms with van der Waals surface area (Å²) in [5.74, 6) is -0.667. The van der Waals surface area contributed by atoms with Gasteiger partial charge in [-0.2, -0.15) is 5.10 Å².